The number of anilines is 1. The highest BCUT2D eigenvalue weighted by Crippen LogP contribution is 2.13. The minimum Gasteiger partial charge on any atom is -0.344 e. The SMILES string of the molecule is CCS(=O)(=O)Cc1ccc(NC(=O)N[C@H]2CCCN(C)C2=O)cc1. The van der Waals surface area contributed by atoms with Crippen LogP contribution in [0.25, 0.3) is 0 Å². The van der Waals surface area contributed by atoms with Crippen LogP contribution < -0.4 is 10.6 Å². The summed E-state index contributed by atoms with van der Waals surface area (Å²) in [4.78, 5) is 25.6. The third-order valence-electron chi connectivity index (χ3n) is 4.00. The minimum atomic E-state index is -3.08. The van der Waals surface area contributed by atoms with Gasteiger partial charge in [-0.05, 0) is 30.5 Å². The average Bonchev–Trinajstić information content (AvgIpc) is 2.53. The summed E-state index contributed by atoms with van der Waals surface area (Å²) < 4.78 is 23.2. The number of carbonyl (C=O) groups is 2. The fourth-order valence-electron chi connectivity index (χ4n) is 2.53. The lowest BCUT2D eigenvalue weighted by atomic mass is 10.1. The third-order valence-corrected chi connectivity index (χ3v) is 5.66. The zero-order valence-corrected chi connectivity index (χ0v) is 14.7. The highest BCUT2D eigenvalue weighted by atomic mass is 32.2. The van der Waals surface area contributed by atoms with Crippen LogP contribution in [-0.2, 0) is 20.4 Å². The molecular weight excluding hydrogens is 330 g/mol. The highest BCUT2D eigenvalue weighted by Gasteiger charge is 2.27. The van der Waals surface area contributed by atoms with E-state index in [4.69, 9.17) is 0 Å². The predicted molar refractivity (Wildman–Crippen MR) is 92.4 cm³/mol. The Labute approximate surface area is 142 Å². The van der Waals surface area contributed by atoms with Crippen molar-refractivity contribution in [2.45, 2.75) is 31.6 Å². The van der Waals surface area contributed by atoms with Gasteiger partial charge in [-0.2, -0.15) is 0 Å². The normalized spacial score (nSPS) is 18.3. The number of benzene rings is 1. The molecular formula is C16H23N3O4S. The van der Waals surface area contributed by atoms with Crippen LogP contribution in [0.1, 0.15) is 25.3 Å². The molecule has 0 bridgehead atoms. The topological polar surface area (TPSA) is 95.6 Å². The van der Waals surface area contributed by atoms with Gasteiger partial charge in [0.05, 0.1) is 5.75 Å². The molecule has 1 aromatic rings. The molecule has 24 heavy (non-hydrogen) atoms. The first-order valence-electron chi connectivity index (χ1n) is 7.92. The quantitative estimate of drug-likeness (QED) is 0.835. The molecule has 0 spiro atoms. The largest absolute Gasteiger partial charge is 0.344 e. The van der Waals surface area contributed by atoms with Gasteiger partial charge in [-0.1, -0.05) is 19.1 Å². The predicted octanol–water partition coefficient (Wildman–Crippen LogP) is 1.36. The Morgan fingerprint density at radius 2 is 1.96 bits per heavy atom. The van der Waals surface area contributed by atoms with Crippen LogP contribution >= 0.6 is 0 Å². The van der Waals surface area contributed by atoms with Crippen molar-refractivity contribution in [3.05, 3.63) is 29.8 Å². The van der Waals surface area contributed by atoms with E-state index in [2.05, 4.69) is 10.6 Å². The molecule has 1 aliphatic rings. The van der Waals surface area contributed by atoms with Crippen molar-refractivity contribution in [1.82, 2.24) is 10.2 Å². The van der Waals surface area contributed by atoms with Crippen LogP contribution in [0.4, 0.5) is 10.5 Å². The minimum absolute atomic E-state index is 0.0150. The number of nitrogens with one attached hydrogen (secondary N) is 2. The summed E-state index contributed by atoms with van der Waals surface area (Å²) in [5.74, 6) is -0.00505. The zero-order valence-electron chi connectivity index (χ0n) is 13.9. The number of nitrogens with zero attached hydrogens (tertiary/aromatic N) is 1. The molecule has 7 nitrogen and oxygen atoms in total. The maximum Gasteiger partial charge on any atom is 0.319 e. The molecule has 1 aromatic carbocycles. The van der Waals surface area contributed by atoms with Gasteiger partial charge in [-0.15, -0.1) is 0 Å². The van der Waals surface area contributed by atoms with Gasteiger partial charge in [0.1, 0.15) is 6.04 Å². The van der Waals surface area contributed by atoms with Crippen molar-refractivity contribution < 1.29 is 18.0 Å². The summed E-state index contributed by atoms with van der Waals surface area (Å²) in [6.45, 7) is 2.32. The molecule has 1 aliphatic heterocycles. The number of hydrogen-bond donors (Lipinski definition) is 2. The second kappa shape index (κ2) is 7.65. The van der Waals surface area contributed by atoms with Gasteiger partial charge in [0, 0.05) is 25.0 Å². The van der Waals surface area contributed by atoms with E-state index in [1.54, 1.807) is 43.1 Å². The van der Waals surface area contributed by atoms with Crippen LogP contribution in [0, 0.1) is 0 Å². The van der Waals surface area contributed by atoms with Crippen LogP contribution in [-0.4, -0.2) is 50.6 Å². The molecule has 2 N–H and O–H groups in total. The van der Waals surface area contributed by atoms with Gasteiger partial charge in [0.2, 0.25) is 5.91 Å². The lowest BCUT2D eigenvalue weighted by Gasteiger charge is -2.29. The molecule has 0 radical (unpaired) electrons. The Balaban J connectivity index is 1.91. The summed E-state index contributed by atoms with van der Waals surface area (Å²) in [6, 6.07) is 5.68. The first kappa shape index (κ1) is 18.3. The number of likely N-dealkylation sites (tertiary alicyclic amines) is 1. The molecule has 1 saturated heterocycles. The Morgan fingerprint density at radius 1 is 1.29 bits per heavy atom. The molecule has 2 rings (SSSR count). The first-order valence-corrected chi connectivity index (χ1v) is 9.74. The van der Waals surface area contributed by atoms with Crippen LogP contribution in [0.2, 0.25) is 0 Å². The maximum atomic E-state index is 12.0. The number of amides is 3. The smallest absolute Gasteiger partial charge is 0.319 e. The molecule has 132 valence electrons. The number of hydrogen-bond acceptors (Lipinski definition) is 4. The van der Waals surface area contributed by atoms with E-state index < -0.39 is 21.9 Å². The number of sulfone groups is 1. The van der Waals surface area contributed by atoms with E-state index in [1.807, 2.05) is 0 Å². The number of rotatable bonds is 5. The molecule has 8 heteroatoms. The van der Waals surface area contributed by atoms with E-state index in [1.165, 1.54) is 0 Å². The summed E-state index contributed by atoms with van der Waals surface area (Å²) >= 11 is 0. The first-order chi connectivity index (χ1) is 11.3. The van der Waals surface area contributed by atoms with E-state index in [-0.39, 0.29) is 17.4 Å². The lowest BCUT2D eigenvalue weighted by Crippen LogP contribution is -2.51. The lowest BCUT2D eigenvalue weighted by molar-refractivity contribution is -0.134. The molecule has 1 atom stereocenters. The number of piperidine rings is 1. The third kappa shape index (κ3) is 4.95. The monoisotopic (exact) mass is 353 g/mol. The second-order valence-electron chi connectivity index (χ2n) is 5.93. The standard InChI is InChI=1S/C16H23N3O4S/c1-3-24(22,23)11-12-6-8-13(9-7-12)17-16(21)18-14-5-4-10-19(2)15(14)20/h6-9,14H,3-5,10-11H2,1-2H3,(H2,17,18,21)/t14-/m0/s1. The van der Waals surface area contributed by atoms with Crippen LogP contribution in [0.5, 0.6) is 0 Å². The van der Waals surface area contributed by atoms with E-state index in [0.29, 0.717) is 24.2 Å². The van der Waals surface area contributed by atoms with Crippen LogP contribution in [0.15, 0.2) is 24.3 Å². The number of likely N-dealkylation sites (N-methyl/N-ethyl adjacent to an activating group) is 1. The van der Waals surface area contributed by atoms with Crippen molar-refractivity contribution in [3.63, 3.8) is 0 Å². The maximum absolute atomic E-state index is 12.0. The van der Waals surface area contributed by atoms with Crippen LogP contribution in [0.3, 0.4) is 0 Å². The molecule has 0 unspecified atom stereocenters. The van der Waals surface area contributed by atoms with Crippen molar-refractivity contribution in [2.24, 2.45) is 0 Å². The molecule has 0 saturated carbocycles. The Hall–Kier alpha value is -2.09. The Morgan fingerprint density at radius 3 is 2.58 bits per heavy atom. The molecule has 0 aliphatic carbocycles. The number of urea groups is 1. The second-order valence-corrected chi connectivity index (χ2v) is 8.28. The van der Waals surface area contributed by atoms with Gasteiger partial charge in [-0.25, -0.2) is 13.2 Å². The van der Waals surface area contributed by atoms with Gasteiger partial charge in [0.25, 0.3) is 0 Å². The fraction of sp³-hybridized carbons (Fsp3) is 0.500. The summed E-state index contributed by atoms with van der Waals surface area (Å²) in [5.41, 5.74) is 1.22. The van der Waals surface area contributed by atoms with Crippen molar-refractivity contribution >= 4 is 27.5 Å². The van der Waals surface area contributed by atoms with Crippen molar-refractivity contribution in [1.29, 1.82) is 0 Å². The van der Waals surface area contributed by atoms with E-state index >= 15 is 0 Å². The molecule has 1 heterocycles. The van der Waals surface area contributed by atoms with E-state index in [9.17, 15) is 18.0 Å². The number of carbonyl (C=O) groups excluding carboxylic acids is 2. The fourth-order valence-corrected chi connectivity index (χ4v) is 3.44. The summed E-state index contributed by atoms with van der Waals surface area (Å²) in [5, 5.41) is 5.33. The van der Waals surface area contributed by atoms with Crippen molar-refractivity contribution in [2.75, 3.05) is 24.7 Å². The molecule has 0 aromatic heterocycles. The van der Waals surface area contributed by atoms with Gasteiger partial charge < -0.3 is 15.5 Å². The zero-order chi connectivity index (χ0) is 17.7. The van der Waals surface area contributed by atoms with E-state index in [0.717, 1.165) is 6.42 Å². The van der Waals surface area contributed by atoms with Gasteiger partial charge >= 0.3 is 6.03 Å². The Bertz CT molecular complexity index is 701. The van der Waals surface area contributed by atoms with Crippen molar-refractivity contribution in [3.8, 4) is 0 Å². The molecule has 1 fully saturated rings. The van der Waals surface area contributed by atoms with Gasteiger partial charge in [0.15, 0.2) is 9.84 Å². The van der Waals surface area contributed by atoms with Gasteiger partial charge in [-0.3, -0.25) is 4.79 Å². The summed E-state index contributed by atoms with van der Waals surface area (Å²) in [7, 11) is -1.36. The Kier molecular flexibility index (Phi) is 5.82. The summed E-state index contributed by atoms with van der Waals surface area (Å²) in [6.07, 6.45) is 1.48. The molecule has 3 amide bonds. The highest BCUT2D eigenvalue weighted by molar-refractivity contribution is 7.90. The average molecular weight is 353 g/mol.